The minimum absolute atomic E-state index is 0.218. The van der Waals surface area contributed by atoms with E-state index in [9.17, 15) is 5.11 Å². The molecular formula is C15H14Br2ClNO. The van der Waals surface area contributed by atoms with Crippen molar-refractivity contribution in [3.63, 3.8) is 0 Å². The maximum Gasteiger partial charge on any atom is 0.0885 e. The normalized spacial score (nSPS) is 14.1. The Labute approximate surface area is 140 Å². The standard InChI is InChI=1S/C15H14Br2ClNO/c16-9-5-6-11(14(18)7-9)15(20)12(8-19)10-3-1-2-4-13(10)17/h1-7,12,15,20H,8,19H2. The van der Waals surface area contributed by atoms with E-state index < -0.39 is 6.10 Å². The highest BCUT2D eigenvalue weighted by Crippen LogP contribution is 2.37. The fourth-order valence-electron chi connectivity index (χ4n) is 2.16. The highest BCUT2D eigenvalue weighted by Gasteiger charge is 2.24. The summed E-state index contributed by atoms with van der Waals surface area (Å²) in [6.45, 7) is 0.330. The van der Waals surface area contributed by atoms with Gasteiger partial charge in [0.25, 0.3) is 0 Å². The summed E-state index contributed by atoms with van der Waals surface area (Å²) in [5, 5.41) is 11.2. The van der Waals surface area contributed by atoms with Crippen LogP contribution in [-0.4, -0.2) is 11.7 Å². The average molecular weight is 420 g/mol. The van der Waals surface area contributed by atoms with E-state index >= 15 is 0 Å². The molecule has 0 aliphatic heterocycles. The van der Waals surface area contributed by atoms with Gasteiger partial charge < -0.3 is 10.8 Å². The second-order valence-corrected chi connectivity index (χ2v) is 6.65. The smallest absolute Gasteiger partial charge is 0.0885 e. The maximum atomic E-state index is 10.6. The van der Waals surface area contributed by atoms with Gasteiger partial charge in [0, 0.05) is 26.4 Å². The summed E-state index contributed by atoms with van der Waals surface area (Å²) in [7, 11) is 0. The van der Waals surface area contributed by atoms with Gasteiger partial charge in [-0.25, -0.2) is 0 Å². The molecule has 2 nitrogen and oxygen atoms in total. The fraction of sp³-hybridized carbons (Fsp3) is 0.200. The van der Waals surface area contributed by atoms with Crippen LogP contribution in [0.4, 0.5) is 0 Å². The summed E-state index contributed by atoms with van der Waals surface area (Å²) >= 11 is 13.1. The predicted molar refractivity (Wildman–Crippen MR) is 90.0 cm³/mol. The lowest BCUT2D eigenvalue weighted by atomic mass is 9.89. The minimum atomic E-state index is -0.751. The van der Waals surface area contributed by atoms with Crippen molar-refractivity contribution in [1.82, 2.24) is 0 Å². The molecule has 2 aromatic rings. The van der Waals surface area contributed by atoms with E-state index in [0.29, 0.717) is 17.1 Å². The summed E-state index contributed by atoms with van der Waals surface area (Å²) in [5.41, 5.74) is 7.51. The van der Waals surface area contributed by atoms with Gasteiger partial charge in [-0.15, -0.1) is 0 Å². The number of halogens is 3. The lowest BCUT2D eigenvalue weighted by Crippen LogP contribution is -2.20. The van der Waals surface area contributed by atoms with Gasteiger partial charge in [0.15, 0.2) is 0 Å². The monoisotopic (exact) mass is 417 g/mol. The number of hydrogen-bond acceptors (Lipinski definition) is 2. The molecule has 20 heavy (non-hydrogen) atoms. The Kier molecular flexibility index (Phi) is 5.64. The molecule has 0 heterocycles. The quantitative estimate of drug-likeness (QED) is 0.758. The van der Waals surface area contributed by atoms with Gasteiger partial charge in [0.05, 0.1) is 6.10 Å². The Bertz CT molecular complexity index is 606. The van der Waals surface area contributed by atoms with Gasteiger partial charge in [-0.1, -0.05) is 67.7 Å². The Hall–Kier alpha value is -0.390. The Balaban J connectivity index is 2.39. The molecule has 0 aliphatic carbocycles. The van der Waals surface area contributed by atoms with E-state index in [1.165, 1.54) is 0 Å². The fourth-order valence-corrected chi connectivity index (χ4v) is 3.52. The number of nitrogens with two attached hydrogens (primary N) is 1. The molecule has 2 unspecified atom stereocenters. The molecule has 0 fully saturated rings. The highest BCUT2D eigenvalue weighted by molar-refractivity contribution is 9.10. The molecule has 5 heteroatoms. The molecule has 0 aliphatic rings. The van der Waals surface area contributed by atoms with Gasteiger partial charge in [-0.05, 0) is 29.3 Å². The zero-order chi connectivity index (χ0) is 14.7. The average Bonchev–Trinajstić information content (AvgIpc) is 2.41. The molecule has 0 spiro atoms. The molecule has 0 saturated heterocycles. The van der Waals surface area contributed by atoms with Crippen LogP contribution in [0.3, 0.4) is 0 Å². The van der Waals surface area contributed by atoms with Crippen molar-refractivity contribution in [3.05, 3.63) is 67.6 Å². The number of aliphatic hydroxyl groups excluding tert-OH is 1. The zero-order valence-electron chi connectivity index (χ0n) is 10.6. The zero-order valence-corrected chi connectivity index (χ0v) is 14.5. The summed E-state index contributed by atoms with van der Waals surface area (Å²) in [5.74, 6) is -0.218. The van der Waals surface area contributed by atoms with E-state index in [2.05, 4.69) is 31.9 Å². The largest absolute Gasteiger partial charge is 0.388 e. The molecule has 0 bridgehead atoms. The molecule has 0 saturated carbocycles. The number of benzene rings is 2. The van der Waals surface area contributed by atoms with Gasteiger partial charge in [-0.2, -0.15) is 0 Å². The lowest BCUT2D eigenvalue weighted by Gasteiger charge is -2.24. The molecule has 2 aromatic carbocycles. The first kappa shape index (κ1) is 16.0. The number of aliphatic hydroxyl groups is 1. The van der Waals surface area contributed by atoms with E-state index in [1.807, 2.05) is 36.4 Å². The van der Waals surface area contributed by atoms with Crippen molar-refractivity contribution in [2.45, 2.75) is 12.0 Å². The molecule has 3 N–H and O–H groups in total. The van der Waals surface area contributed by atoms with Crippen molar-refractivity contribution in [1.29, 1.82) is 0 Å². The molecular weight excluding hydrogens is 405 g/mol. The Morgan fingerprint density at radius 1 is 1.10 bits per heavy atom. The predicted octanol–water partition coefficient (Wildman–Crippen LogP) is 4.64. The first-order valence-electron chi connectivity index (χ1n) is 6.12. The van der Waals surface area contributed by atoms with Crippen LogP contribution in [0.5, 0.6) is 0 Å². The first-order valence-corrected chi connectivity index (χ1v) is 8.08. The van der Waals surface area contributed by atoms with Crippen LogP contribution in [0, 0.1) is 0 Å². The molecule has 0 aromatic heterocycles. The van der Waals surface area contributed by atoms with Crippen molar-refractivity contribution in [3.8, 4) is 0 Å². The van der Waals surface area contributed by atoms with E-state index in [0.717, 1.165) is 14.5 Å². The third-order valence-electron chi connectivity index (χ3n) is 3.22. The van der Waals surface area contributed by atoms with Crippen molar-refractivity contribution >= 4 is 43.5 Å². The van der Waals surface area contributed by atoms with Crippen LogP contribution in [-0.2, 0) is 0 Å². The molecule has 0 radical (unpaired) electrons. The van der Waals surface area contributed by atoms with Crippen LogP contribution >= 0.6 is 43.5 Å². The third kappa shape index (κ3) is 3.43. The van der Waals surface area contributed by atoms with Crippen LogP contribution in [0.2, 0.25) is 5.02 Å². The topological polar surface area (TPSA) is 46.2 Å². The molecule has 106 valence electrons. The van der Waals surface area contributed by atoms with Crippen LogP contribution in [0.1, 0.15) is 23.1 Å². The minimum Gasteiger partial charge on any atom is -0.388 e. The van der Waals surface area contributed by atoms with E-state index in [1.54, 1.807) is 6.07 Å². The molecule has 2 rings (SSSR count). The van der Waals surface area contributed by atoms with E-state index in [-0.39, 0.29) is 5.92 Å². The molecule has 2 atom stereocenters. The number of hydrogen-bond donors (Lipinski definition) is 2. The Morgan fingerprint density at radius 3 is 2.40 bits per heavy atom. The van der Waals surface area contributed by atoms with Crippen molar-refractivity contribution < 1.29 is 5.11 Å². The first-order chi connectivity index (χ1) is 9.54. The summed E-state index contributed by atoms with van der Waals surface area (Å²) in [6, 6.07) is 13.2. The van der Waals surface area contributed by atoms with Crippen LogP contribution in [0.25, 0.3) is 0 Å². The van der Waals surface area contributed by atoms with E-state index in [4.69, 9.17) is 17.3 Å². The molecule has 0 amide bonds. The number of rotatable bonds is 4. The van der Waals surface area contributed by atoms with Crippen LogP contribution in [0.15, 0.2) is 51.4 Å². The van der Waals surface area contributed by atoms with Crippen molar-refractivity contribution in [2.24, 2.45) is 5.73 Å². The SMILES string of the molecule is NCC(c1ccccc1Br)C(O)c1ccc(Br)cc1Cl. The van der Waals surface area contributed by atoms with Gasteiger partial charge >= 0.3 is 0 Å². The van der Waals surface area contributed by atoms with Gasteiger partial charge in [0.2, 0.25) is 0 Å². The second kappa shape index (κ2) is 7.05. The summed E-state index contributed by atoms with van der Waals surface area (Å²) in [6.07, 6.45) is -0.751. The van der Waals surface area contributed by atoms with Gasteiger partial charge in [0.1, 0.15) is 0 Å². The summed E-state index contributed by atoms with van der Waals surface area (Å²) < 4.78 is 1.81. The second-order valence-electron chi connectivity index (χ2n) is 4.47. The lowest BCUT2D eigenvalue weighted by molar-refractivity contribution is 0.147. The highest BCUT2D eigenvalue weighted by atomic mass is 79.9. The maximum absolute atomic E-state index is 10.6. The van der Waals surface area contributed by atoms with Gasteiger partial charge in [-0.3, -0.25) is 0 Å². The van der Waals surface area contributed by atoms with Crippen LogP contribution < -0.4 is 5.73 Å². The van der Waals surface area contributed by atoms with Crippen molar-refractivity contribution in [2.75, 3.05) is 6.54 Å². The third-order valence-corrected chi connectivity index (χ3v) is 4.76. The Morgan fingerprint density at radius 2 is 1.80 bits per heavy atom. The summed E-state index contributed by atoms with van der Waals surface area (Å²) in [4.78, 5) is 0.